The molecule has 1 saturated carbocycles. The van der Waals surface area contributed by atoms with Gasteiger partial charge in [-0.15, -0.1) is 0 Å². The van der Waals surface area contributed by atoms with Crippen molar-refractivity contribution in [2.45, 2.75) is 44.6 Å². The number of hydrogen-bond acceptors (Lipinski definition) is 2. The lowest BCUT2D eigenvalue weighted by molar-refractivity contribution is 0.108. The fourth-order valence-electron chi connectivity index (χ4n) is 3.21. The molecule has 82 valence electrons. The number of imidazole rings is 1. The van der Waals surface area contributed by atoms with Crippen molar-refractivity contribution in [1.82, 2.24) is 15.3 Å². The Morgan fingerprint density at radius 2 is 2.40 bits per heavy atom. The Balaban J connectivity index is 2.03. The van der Waals surface area contributed by atoms with Crippen LogP contribution in [-0.4, -0.2) is 16.5 Å². The first-order chi connectivity index (χ1) is 7.37. The summed E-state index contributed by atoms with van der Waals surface area (Å²) in [6.45, 7) is 3.38. The number of rotatable bonds is 2. The van der Waals surface area contributed by atoms with E-state index in [4.69, 9.17) is 0 Å². The highest BCUT2D eigenvalue weighted by atomic mass is 15.1. The van der Waals surface area contributed by atoms with E-state index in [2.05, 4.69) is 22.2 Å². The Morgan fingerprint density at radius 3 is 3.07 bits per heavy atom. The van der Waals surface area contributed by atoms with Crippen LogP contribution in [0.15, 0.2) is 6.33 Å². The first kappa shape index (κ1) is 9.40. The maximum Gasteiger partial charge on any atom is 0.0926 e. The van der Waals surface area contributed by atoms with Crippen LogP contribution in [0.4, 0.5) is 0 Å². The molecule has 1 fully saturated rings. The smallest absolute Gasteiger partial charge is 0.0926 e. The van der Waals surface area contributed by atoms with Crippen LogP contribution >= 0.6 is 0 Å². The lowest BCUT2D eigenvalue weighted by Gasteiger charge is -2.47. The van der Waals surface area contributed by atoms with E-state index in [9.17, 15) is 0 Å². The van der Waals surface area contributed by atoms with Crippen molar-refractivity contribution in [2.75, 3.05) is 6.54 Å². The molecule has 0 aromatic carbocycles. The van der Waals surface area contributed by atoms with E-state index in [0.717, 1.165) is 25.3 Å². The molecule has 1 aromatic rings. The molecule has 0 spiro atoms. The summed E-state index contributed by atoms with van der Waals surface area (Å²) >= 11 is 0. The van der Waals surface area contributed by atoms with Crippen molar-refractivity contribution in [3.63, 3.8) is 0 Å². The van der Waals surface area contributed by atoms with Gasteiger partial charge in [0.1, 0.15) is 0 Å². The fourth-order valence-corrected chi connectivity index (χ4v) is 3.21. The zero-order valence-corrected chi connectivity index (χ0v) is 9.34. The Morgan fingerprint density at radius 1 is 1.53 bits per heavy atom. The molecule has 0 bridgehead atoms. The first-order valence-electron chi connectivity index (χ1n) is 6.14. The van der Waals surface area contributed by atoms with Gasteiger partial charge in [0.2, 0.25) is 0 Å². The SMILES string of the molecule is CCC1(C2CCC2)NCCc2[nH]cnc21. The molecule has 0 amide bonds. The molecule has 3 nitrogen and oxygen atoms in total. The highest BCUT2D eigenvalue weighted by Gasteiger charge is 2.45. The molecule has 3 rings (SSSR count). The third kappa shape index (κ3) is 1.19. The fraction of sp³-hybridized carbons (Fsp3) is 0.750. The van der Waals surface area contributed by atoms with Gasteiger partial charge >= 0.3 is 0 Å². The largest absolute Gasteiger partial charge is 0.348 e. The van der Waals surface area contributed by atoms with Gasteiger partial charge in [0.15, 0.2) is 0 Å². The van der Waals surface area contributed by atoms with Gasteiger partial charge in [-0.2, -0.15) is 0 Å². The van der Waals surface area contributed by atoms with Crippen LogP contribution in [0.1, 0.15) is 44.0 Å². The lowest BCUT2D eigenvalue weighted by Crippen LogP contribution is -2.54. The van der Waals surface area contributed by atoms with Gasteiger partial charge in [-0.25, -0.2) is 4.98 Å². The molecule has 2 heterocycles. The van der Waals surface area contributed by atoms with Crippen molar-refractivity contribution >= 4 is 0 Å². The van der Waals surface area contributed by atoms with Crippen molar-refractivity contribution in [3.8, 4) is 0 Å². The second-order valence-corrected chi connectivity index (χ2v) is 4.86. The van der Waals surface area contributed by atoms with E-state index in [-0.39, 0.29) is 5.54 Å². The molecular weight excluding hydrogens is 186 g/mol. The van der Waals surface area contributed by atoms with Crippen LogP contribution in [0.2, 0.25) is 0 Å². The number of fused-ring (bicyclic) bond motifs is 1. The summed E-state index contributed by atoms with van der Waals surface area (Å²) in [6.07, 6.45) is 8.26. The van der Waals surface area contributed by atoms with Crippen LogP contribution in [-0.2, 0) is 12.0 Å². The maximum absolute atomic E-state index is 4.57. The normalized spacial score (nSPS) is 31.0. The van der Waals surface area contributed by atoms with E-state index in [1.165, 1.54) is 30.7 Å². The second kappa shape index (κ2) is 3.34. The third-order valence-electron chi connectivity index (χ3n) is 4.32. The summed E-state index contributed by atoms with van der Waals surface area (Å²) in [6, 6.07) is 0. The first-order valence-corrected chi connectivity index (χ1v) is 6.14. The number of aromatic nitrogens is 2. The minimum Gasteiger partial charge on any atom is -0.348 e. The van der Waals surface area contributed by atoms with Gasteiger partial charge in [0, 0.05) is 18.7 Å². The van der Waals surface area contributed by atoms with Gasteiger partial charge in [-0.3, -0.25) is 0 Å². The van der Waals surface area contributed by atoms with Gasteiger partial charge in [0.05, 0.1) is 17.6 Å². The molecule has 0 saturated heterocycles. The average Bonchev–Trinajstić information content (AvgIpc) is 2.64. The van der Waals surface area contributed by atoms with E-state index in [1.54, 1.807) is 0 Å². The highest BCUT2D eigenvalue weighted by Crippen LogP contribution is 2.45. The zero-order valence-electron chi connectivity index (χ0n) is 9.34. The summed E-state index contributed by atoms with van der Waals surface area (Å²) in [7, 11) is 0. The van der Waals surface area contributed by atoms with Crippen molar-refractivity contribution in [3.05, 3.63) is 17.7 Å². The predicted octanol–water partition coefficient (Wildman–Crippen LogP) is 1.96. The molecule has 1 aromatic heterocycles. The minimum atomic E-state index is 0.186. The molecule has 2 N–H and O–H groups in total. The highest BCUT2D eigenvalue weighted by molar-refractivity contribution is 5.27. The van der Waals surface area contributed by atoms with Crippen LogP contribution < -0.4 is 5.32 Å². The second-order valence-electron chi connectivity index (χ2n) is 4.86. The van der Waals surface area contributed by atoms with Gasteiger partial charge < -0.3 is 10.3 Å². The number of nitrogens with zero attached hydrogens (tertiary/aromatic N) is 1. The van der Waals surface area contributed by atoms with Gasteiger partial charge in [0.25, 0.3) is 0 Å². The monoisotopic (exact) mass is 205 g/mol. The van der Waals surface area contributed by atoms with Crippen molar-refractivity contribution in [2.24, 2.45) is 5.92 Å². The van der Waals surface area contributed by atoms with Gasteiger partial charge in [-0.05, 0) is 25.2 Å². The average molecular weight is 205 g/mol. The van der Waals surface area contributed by atoms with E-state index in [0.29, 0.717) is 0 Å². The van der Waals surface area contributed by atoms with Crippen LogP contribution in [0.3, 0.4) is 0 Å². The number of nitrogens with one attached hydrogen (secondary N) is 2. The molecule has 3 heteroatoms. The van der Waals surface area contributed by atoms with Crippen LogP contribution in [0.25, 0.3) is 0 Å². The molecular formula is C12H19N3. The quantitative estimate of drug-likeness (QED) is 0.775. The standard InChI is InChI=1S/C12H19N3/c1-2-12(9-4-3-5-9)11-10(6-7-15-12)13-8-14-11/h8-9,15H,2-7H2,1H3,(H,13,14). The Labute approximate surface area is 90.7 Å². The topological polar surface area (TPSA) is 40.7 Å². The Hall–Kier alpha value is -0.830. The summed E-state index contributed by atoms with van der Waals surface area (Å²) in [5, 5.41) is 3.74. The van der Waals surface area contributed by atoms with Crippen LogP contribution in [0.5, 0.6) is 0 Å². The van der Waals surface area contributed by atoms with E-state index >= 15 is 0 Å². The molecule has 2 aliphatic rings. The van der Waals surface area contributed by atoms with Gasteiger partial charge in [-0.1, -0.05) is 13.3 Å². The molecule has 15 heavy (non-hydrogen) atoms. The maximum atomic E-state index is 4.57. The molecule has 1 aliphatic heterocycles. The van der Waals surface area contributed by atoms with Crippen molar-refractivity contribution < 1.29 is 0 Å². The molecule has 1 aliphatic carbocycles. The minimum absolute atomic E-state index is 0.186. The number of H-pyrrole nitrogens is 1. The molecule has 0 radical (unpaired) electrons. The molecule has 1 unspecified atom stereocenters. The predicted molar refractivity (Wildman–Crippen MR) is 59.6 cm³/mol. The summed E-state index contributed by atoms with van der Waals surface area (Å²) in [4.78, 5) is 7.86. The Kier molecular flexibility index (Phi) is 2.09. The summed E-state index contributed by atoms with van der Waals surface area (Å²) in [5.41, 5.74) is 2.86. The Bertz CT molecular complexity index is 354. The van der Waals surface area contributed by atoms with E-state index < -0.39 is 0 Å². The summed E-state index contributed by atoms with van der Waals surface area (Å²) in [5.74, 6) is 0.810. The van der Waals surface area contributed by atoms with Crippen LogP contribution in [0, 0.1) is 5.92 Å². The number of aromatic amines is 1. The van der Waals surface area contributed by atoms with Crippen molar-refractivity contribution in [1.29, 1.82) is 0 Å². The summed E-state index contributed by atoms with van der Waals surface area (Å²) < 4.78 is 0. The lowest BCUT2D eigenvalue weighted by atomic mass is 9.66. The van der Waals surface area contributed by atoms with E-state index in [1.807, 2.05) is 6.33 Å². The molecule has 1 atom stereocenters. The third-order valence-corrected chi connectivity index (χ3v) is 4.32. The zero-order chi connectivity index (χ0) is 10.3. The number of hydrogen-bond donors (Lipinski definition) is 2.